The topological polar surface area (TPSA) is 176 Å². The fourth-order valence-electron chi connectivity index (χ4n) is 4.54. The predicted molar refractivity (Wildman–Crippen MR) is 163 cm³/mol. The van der Waals surface area contributed by atoms with Crippen molar-refractivity contribution in [2.75, 3.05) is 11.4 Å². The highest BCUT2D eigenvalue weighted by Gasteiger charge is 2.48. The van der Waals surface area contributed by atoms with Gasteiger partial charge in [0, 0.05) is 29.0 Å². The summed E-state index contributed by atoms with van der Waals surface area (Å²) in [5.41, 5.74) is 6.12. The maximum atomic E-state index is 12.9. The maximum absolute atomic E-state index is 12.9. The number of hydrogen-bond donors (Lipinski definition) is 4. The number of fused-ring (bicyclic) bond motifs is 1. The Kier molecular flexibility index (Phi) is 11.1. The number of hydrogen-bond acceptors (Lipinski definition) is 7. The average molecular weight is 610 g/mol. The molecule has 0 saturated carbocycles. The highest BCUT2D eigenvalue weighted by atomic mass is 32.2. The minimum atomic E-state index is -1.11. The number of rotatable bonds is 8. The molecule has 5 N–H and O–H groups in total. The van der Waals surface area contributed by atoms with Gasteiger partial charge in [0.05, 0.1) is 11.2 Å². The third-order valence-electron chi connectivity index (χ3n) is 6.35. The van der Waals surface area contributed by atoms with Crippen molar-refractivity contribution in [2.45, 2.75) is 43.4 Å². The maximum Gasteiger partial charge on any atom is 0.407 e. The quantitative estimate of drug-likeness (QED) is 0.346. The summed E-state index contributed by atoms with van der Waals surface area (Å²) < 4.78 is 5.19. The van der Waals surface area contributed by atoms with E-state index >= 15 is 0 Å². The number of carboxylic acids is 2. The van der Waals surface area contributed by atoms with Crippen molar-refractivity contribution in [3.63, 3.8) is 0 Å². The van der Waals surface area contributed by atoms with Gasteiger partial charge < -0.3 is 26.0 Å². The standard InChI is InChI=1S/C21H24N2O5.C10H11NO3S/c1-21(2,3)28-20(27)22-13-15-8-7-9-16(12-15)19(26)23(14-18(24)25)17-10-5-4-6-11-17;11-9(12)8-7(10(13)14)5-3-1-2-4-6(5)15-8/h4-12H,13-14H2,1-3H3,(H,22,27)(H,24,25);1-8H,(H2,11,12)(H,13,14). The average Bonchev–Trinajstić information content (AvgIpc) is 3.35. The van der Waals surface area contributed by atoms with Gasteiger partial charge in [-0.3, -0.25) is 24.1 Å². The Morgan fingerprint density at radius 1 is 0.977 bits per heavy atom. The Hall–Kier alpha value is -4.58. The van der Waals surface area contributed by atoms with Gasteiger partial charge in [-0.15, -0.1) is 11.8 Å². The first-order valence-electron chi connectivity index (χ1n) is 13.4. The largest absolute Gasteiger partial charge is 0.481 e. The summed E-state index contributed by atoms with van der Waals surface area (Å²) in [5, 5.41) is 20.3. The minimum absolute atomic E-state index is 0.0635. The lowest BCUT2D eigenvalue weighted by atomic mass is 9.85. The molecule has 228 valence electrons. The third-order valence-corrected chi connectivity index (χ3v) is 7.96. The van der Waals surface area contributed by atoms with Gasteiger partial charge in [0.15, 0.2) is 0 Å². The van der Waals surface area contributed by atoms with Gasteiger partial charge in [0.2, 0.25) is 5.91 Å². The van der Waals surface area contributed by atoms with Crippen LogP contribution in [0.3, 0.4) is 0 Å². The molecule has 4 atom stereocenters. The number of aliphatic carboxylic acids is 2. The molecule has 1 aliphatic carbocycles. The van der Waals surface area contributed by atoms with Crippen molar-refractivity contribution < 1.29 is 38.9 Å². The molecule has 4 unspecified atom stereocenters. The van der Waals surface area contributed by atoms with E-state index in [1.165, 1.54) is 16.7 Å². The van der Waals surface area contributed by atoms with Crippen molar-refractivity contribution in [3.05, 3.63) is 90.0 Å². The Balaban J connectivity index is 0.000000282. The first-order valence-corrected chi connectivity index (χ1v) is 14.4. The number of nitrogens with zero attached hydrogens (tertiary/aromatic N) is 1. The van der Waals surface area contributed by atoms with Crippen molar-refractivity contribution in [3.8, 4) is 0 Å². The van der Waals surface area contributed by atoms with Crippen LogP contribution in [0.4, 0.5) is 10.5 Å². The zero-order valence-electron chi connectivity index (χ0n) is 24.0. The fraction of sp³-hybridized carbons (Fsp3) is 0.323. The molecule has 11 nitrogen and oxygen atoms in total. The second kappa shape index (κ2) is 14.5. The smallest absolute Gasteiger partial charge is 0.407 e. The molecule has 1 aliphatic heterocycles. The molecule has 3 amide bonds. The van der Waals surface area contributed by atoms with Crippen molar-refractivity contribution in [2.24, 2.45) is 17.6 Å². The molecule has 1 saturated heterocycles. The molecule has 2 aliphatic rings. The number of benzene rings is 2. The van der Waals surface area contributed by atoms with E-state index in [-0.39, 0.29) is 17.7 Å². The lowest BCUT2D eigenvalue weighted by Gasteiger charge is -2.21. The van der Waals surface area contributed by atoms with Crippen LogP contribution in [0, 0.1) is 11.8 Å². The van der Waals surface area contributed by atoms with E-state index in [2.05, 4.69) is 5.32 Å². The molecule has 1 heterocycles. The SMILES string of the molecule is CC(C)(C)OC(=O)NCc1cccc(C(=O)N(CC(=O)O)c2ccccc2)c1.NC(=O)C1SC2C=CC=CC2C1C(=O)O. The molecule has 2 aromatic rings. The summed E-state index contributed by atoms with van der Waals surface area (Å²) in [6.07, 6.45) is 6.91. The highest BCUT2D eigenvalue weighted by molar-refractivity contribution is 8.01. The van der Waals surface area contributed by atoms with Crippen LogP contribution in [0.15, 0.2) is 78.9 Å². The number of nitrogens with two attached hydrogens (primary N) is 1. The van der Waals surface area contributed by atoms with Crippen LogP contribution >= 0.6 is 11.8 Å². The molecule has 0 aromatic heterocycles. The van der Waals surface area contributed by atoms with E-state index in [1.807, 2.05) is 24.3 Å². The Morgan fingerprint density at radius 2 is 1.65 bits per heavy atom. The molecular weight excluding hydrogens is 574 g/mol. The van der Waals surface area contributed by atoms with Crippen LogP contribution in [0.2, 0.25) is 0 Å². The summed E-state index contributed by atoms with van der Waals surface area (Å²) in [6.45, 7) is 5.04. The Bertz CT molecular complexity index is 1400. The first-order chi connectivity index (χ1) is 20.3. The van der Waals surface area contributed by atoms with Crippen LogP contribution < -0.4 is 16.0 Å². The first kappa shape index (κ1) is 32.9. The molecule has 0 bridgehead atoms. The van der Waals surface area contributed by atoms with Crippen molar-refractivity contribution in [1.29, 1.82) is 0 Å². The van der Waals surface area contributed by atoms with Gasteiger partial charge in [0.25, 0.3) is 5.91 Å². The number of alkyl carbamates (subject to hydrolysis) is 1. The number of ether oxygens (including phenoxy) is 1. The number of para-hydroxylation sites is 1. The van der Waals surface area contributed by atoms with Gasteiger partial charge >= 0.3 is 18.0 Å². The van der Waals surface area contributed by atoms with Gasteiger partial charge in [-0.05, 0) is 50.6 Å². The van der Waals surface area contributed by atoms with E-state index < -0.39 is 53.2 Å². The van der Waals surface area contributed by atoms with Crippen LogP contribution in [-0.2, 0) is 25.7 Å². The summed E-state index contributed by atoms with van der Waals surface area (Å²) in [4.78, 5) is 59.4. The summed E-state index contributed by atoms with van der Waals surface area (Å²) in [6, 6.07) is 15.3. The zero-order chi connectivity index (χ0) is 31.7. The van der Waals surface area contributed by atoms with Crippen LogP contribution in [-0.4, -0.2) is 62.7 Å². The number of carboxylic acid groups (broad SMARTS) is 2. The monoisotopic (exact) mass is 609 g/mol. The number of anilines is 1. The molecule has 2 aromatic carbocycles. The summed E-state index contributed by atoms with van der Waals surface area (Å²) in [7, 11) is 0. The van der Waals surface area contributed by atoms with E-state index in [0.29, 0.717) is 16.8 Å². The van der Waals surface area contributed by atoms with Crippen molar-refractivity contribution in [1.82, 2.24) is 5.32 Å². The predicted octanol–water partition coefficient (Wildman–Crippen LogP) is 3.84. The molecule has 0 radical (unpaired) electrons. The van der Waals surface area contributed by atoms with Crippen molar-refractivity contribution >= 4 is 47.3 Å². The summed E-state index contributed by atoms with van der Waals surface area (Å²) >= 11 is 1.35. The number of nitrogens with one attached hydrogen (secondary N) is 1. The zero-order valence-corrected chi connectivity index (χ0v) is 24.8. The van der Waals surface area contributed by atoms with Gasteiger partial charge in [-0.25, -0.2) is 4.79 Å². The Labute approximate surface area is 253 Å². The second-order valence-electron chi connectivity index (χ2n) is 10.8. The summed E-state index contributed by atoms with van der Waals surface area (Å²) in [5.74, 6) is -3.84. The number of carbonyl (C=O) groups is 5. The molecule has 12 heteroatoms. The van der Waals surface area contributed by atoms with Gasteiger partial charge in [-0.2, -0.15) is 0 Å². The molecular formula is C31H35N3O8S. The lowest BCUT2D eigenvalue weighted by molar-refractivity contribution is -0.144. The number of amides is 3. The molecule has 43 heavy (non-hydrogen) atoms. The van der Waals surface area contributed by atoms with E-state index in [0.717, 1.165) is 0 Å². The van der Waals surface area contributed by atoms with Gasteiger partial charge in [0.1, 0.15) is 12.1 Å². The van der Waals surface area contributed by atoms with Crippen LogP contribution in [0.5, 0.6) is 0 Å². The van der Waals surface area contributed by atoms with E-state index in [9.17, 15) is 29.1 Å². The van der Waals surface area contributed by atoms with Crippen LogP contribution in [0.1, 0.15) is 36.7 Å². The second-order valence-corrected chi connectivity index (χ2v) is 12.1. The fourth-order valence-corrected chi connectivity index (χ4v) is 6.10. The van der Waals surface area contributed by atoms with Gasteiger partial charge in [-0.1, -0.05) is 54.6 Å². The van der Waals surface area contributed by atoms with E-state index in [4.69, 9.17) is 15.6 Å². The Morgan fingerprint density at radius 3 is 2.26 bits per heavy atom. The normalized spacial score (nSPS) is 20.2. The van der Waals surface area contributed by atoms with E-state index in [1.54, 1.807) is 75.4 Å². The minimum Gasteiger partial charge on any atom is -0.481 e. The molecule has 1 fully saturated rings. The number of carbonyl (C=O) groups excluding carboxylic acids is 3. The van der Waals surface area contributed by atoms with Crippen LogP contribution in [0.25, 0.3) is 0 Å². The number of thioether (sulfide) groups is 1. The number of primary amides is 1. The lowest BCUT2D eigenvalue weighted by Crippen LogP contribution is -2.36. The number of allylic oxidation sites excluding steroid dienone is 3. The molecule has 4 rings (SSSR count). The molecule has 0 spiro atoms. The third kappa shape index (κ3) is 9.47. The highest BCUT2D eigenvalue weighted by Crippen LogP contribution is 2.45.